The van der Waals surface area contributed by atoms with Gasteiger partial charge in [-0.3, -0.25) is 14.9 Å². The molecule has 0 radical (unpaired) electrons. The Bertz CT molecular complexity index is 789. The summed E-state index contributed by atoms with van der Waals surface area (Å²) >= 11 is 0. The lowest BCUT2D eigenvalue weighted by Gasteiger charge is -2.01. The SMILES string of the molecule is O=C(N/N=C\c1cc2c(cc1[N+](=O)[O-])OCO2)c1ccccc1. The third kappa shape index (κ3) is 3.10. The molecule has 0 unspecified atom stereocenters. The van der Waals surface area contributed by atoms with Crippen LogP contribution in [0.15, 0.2) is 47.6 Å². The van der Waals surface area contributed by atoms with Gasteiger partial charge in [0.2, 0.25) is 6.79 Å². The Morgan fingerprint density at radius 3 is 2.61 bits per heavy atom. The van der Waals surface area contributed by atoms with Crippen molar-refractivity contribution in [1.29, 1.82) is 0 Å². The van der Waals surface area contributed by atoms with Crippen molar-refractivity contribution < 1.29 is 19.2 Å². The highest BCUT2D eigenvalue weighted by molar-refractivity contribution is 5.95. The van der Waals surface area contributed by atoms with Crippen LogP contribution in [0.3, 0.4) is 0 Å². The number of hydrogen-bond acceptors (Lipinski definition) is 6. The normalized spacial score (nSPS) is 12.3. The summed E-state index contributed by atoms with van der Waals surface area (Å²) in [7, 11) is 0. The van der Waals surface area contributed by atoms with Crippen molar-refractivity contribution in [2.45, 2.75) is 0 Å². The van der Waals surface area contributed by atoms with Gasteiger partial charge >= 0.3 is 0 Å². The largest absolute Gasteiger partial charge is 0.454 e. The molecule has 0 aliphatic carbocycles. The summed E-state index contributed by atoms with van der Waals surface area (Å²) in [6.45, 7) is 0.0117. The highest BCUT2D eigenvalue weighted by Crippen LogP contribution is 2.37. The van der Waals surface area contributed by atoms with E-state index in [9.17, 15) is 14.9 Å². The van der Waals surface area contributed by atoms with Crippen LogP contribution < -0.4 is 14.9 Å². The molecule has 2 aromatic rings. The Hall–Kier alpha value is -3.42. The second-order valence-electron chi connectivity index (χ2n) is 4.59. The number of carbonyl (C=O) groups is 1. The van der Waals surface area contributed by atoms with Crippen LogP contribution in [0.4, 0.5) is 5.69 Å². The lowest BCUT2D eigenvalue weighted by Crippen LogP contribution is -2.17. The summed E-state index contributed by atoms with van der Waals surface area (Å²) < 4.78 is 10.3. The molecule has 1 aliphatic rings. The van der Waals surface area contributed by atoms with E-state index in [1.807, 2.05) is 0 Å². The number of nitrogens with zero attached hydrogens (tertiary/aromatic N) is 2. The van der Waals surface area contributed by atoms with Crippen LogP contribution >= 0.6 is 0 Å². The summed E-state index contributed by atoms with van der Waals surface area (Å²) in [6.07, 6.45) is 1.20. The maximum Gasteiger partial charge on any atom is 0.282 e. The molecule has 0 spiro atoms. The zero-order valence-corrected chi connectivity index (χ0v) is 11.8. The molecule has 8 nitrogen and oxygen atoms in total. The predicted molar refractivity (Wildman–Crippen MR) is 80.7 cm³/mol. The molecule has 0 fully saturated rings. The third-order valence-electron chi connectivity index (χ3n) is 3.12. The highest BCUT2D eigenvalue weighted by Gasteiger charge is 2.22. The van der Waals surface area contributed by atoms with Gasteiger partial charge in [0, 0.05) is 5.56 Å². The Kier molecular flexibility index (Phi) is 3.88. The Morgan fingerprint density at radius 1 is 1.22 bits per heavy atom. The summed E-state index contributed by atoms with van der Waals surface area (Å²) in [5.41, 5.74) is 2.77. The summed E-state index contributed by atoms with van der Waals surface area (Å²) in [5, 5.41) is 14.9. The molecule has 2 aromatic carbocycles. The molecular formula is C15H11N3O5. The molecule has 1 amide bonds. The molecule has 23 heavy (non-hydrogen) atoms. The van der Waals surface area contributed by atoms with E-state index in [1.165, 1.54) is 18.3 Å². The number of hydrazone groups is 1. The molecule has 116 valence electrons. The van der Waals surface area contributed by atoms with E-state index >= 15 is 0 Å². The van der Waals surface area contributed by atoms with Gasteiger partial charge < -0.3 is 9.47 Å². The minimum absolute atomic E-state index is 0.0117. The lowest BCUT2D eigenvalue weighted by molar-refractivity contribution is -0.385. The van der Waals surface area contributed by atoms with Gasteiger partial charge in [0.05, 0.1) is 22.8 Å². The van der Waals surface area contributed by atoms with Gasteiger partial charge in [0.25, 0.3) is 11.6 Å². The molecule has 3 rings (SSSR count). The highest BCUT2D eigenvalue weighted by atomic mass is 16.7. The molecular weight excluding hydrogens is 302 g/mol. The van der Waals surface area contributed by atoms with Gasteiger partial charge in [0.1, 0.15) is 0 Å². The summed E-state index contributed by atoms with van der Waals surface area (Å²) in [5.74, 6) is 0.291. The smallest absolute Gasteiger partial charge is 0.282 e. The van der Waals surface area contributed by atoms with Crippen LogP contribution in [-0.2, 0) is 0 Å². The van der Waals surface area contributed by atoms with Crippen molar-refractivity contribution >= 4 is 17.8 Å². The number of hydrogen-bond donors (Lipinski definition) is 1. The number of carbonyl (C=O) groups excluding carboxylic acids is 1. The second-order valence-corrected chi connectivity index (χ2v) is 4.59. The molecule has 1 N–H and O–H groups in total. The van der Waals surface area contributed by atoms with Crippen LogP contribution in [0.2, 0.25) is 0 Å². The monoisotopic (exact) mass is 313 g/mol. The molecule has 0 atom stereocenters. The fraction of sp³-hybridized carbons (Fsp3) is 0.0667. The quantitative estimate of drug-likeness (QED) is 0.529. The van der Waals surface area contributed by atoms with E-state index < -0.39 is 10.8 Å². The Balaban J connectivity index is 1.79. The fourth-order valence-electron chi connectivity index (χ4n) is 2.02. The molecule has 1 heterocycles. The van der Waals surface area contributed by atoms with E-state index in [-0.39, 0.29) is 18.0 Å². The van der Waals surface area contributed by atoms with Crippen LogP contribution in [0.5, 0.6) is 11.5 Å². The summed E-state index contributed by atoms with van der Waals surface area (Å²) in [4.78, 5) is 22.4. The van der Waals surface area contributed by atoms with E-state index in [1.54, 1.807) is 30.3 Å². The van der Waals surface area contributed by atoms with Crippen LogP contribution in [-0.4, -0.2) is 23.8 Å². The van der Waals surface area contributed by atoms with Crippen molar-refractivity contribution in [3.8, 4) is 11.5 Å². The standard InChI is InChI=1S/C15H11N3O5/c19-15(10-4-2-1-3-5-10)17-16-8-11-6-13-14(23-9-22-13)7-12(11)18(20)21/h1-8H,9H2,(H,17,19)/b16-8-. The van der Waals surface area contributed by atoms with Gasteiger partial charge in [0.15, 0.2) is 11.5 Å². The van der Waals surface area contributed by atoms with Crippen molar-refractivity contribution in [2.75, 3.05) is 6.79 Å². The zero-order chi connectivity index (χ0) is 16.2. The fourth-order valence-corrected chi connectivity index (χ4v) is 2.02. The summed E-state index contributed by atoms with van der Waals surface area (Å²) in [6, 6.07) is 11.2. The molecule has 0 bridgehead atoms. The van der Waals surface area contributed by atoms with Gasteiger partial charge in [-0.05, 0) is 18.2 Å². The number of nitro benzene ring substituents is 1. The van der Waals surface area contributed by atoms with Crippen LogP contribution in [0.1, 0.15) is 15.9 Å². The first-order valence-corrected chi connectivity index (χ1v) is 6.61. The first-order valence-electron chi connectivity index (χ1n) is 6.61. The third-order valence-corrected chi connectivity index (χ3v) is 3.12. The number of nitrogens with one attached hydrogen (secondary N) is 1. The van der Waals surface area contributed by atoms with Crippen molar-refractivity contribution in [1.82, 2.24) is 5.43 Å². The zero-order valence-electron chi connectivity index (χ0n) is 11.8. The second kappa shape index (κ2) is 6.14. The maximum absolute atomic E-state index is 11.8. The molecule has 1 aliphatic heterocycles. The lowest BCUT2D eigenvalue weighted by atomic mass is 10.1. The molecule has 0 aromatic heterocycles. The number of amides is 1. The predicted octanol–water partition coefficient (Wildman–Crippen LogP) is 2.09. The molecule has 0 saturated carbocycles. The number of ether oxygens (including phenoxy) is 2. The van der Waals surface area contributed by atoms with E-state index in [0.717, 1.165) is 0 Å². The van der Waals surface area contributed by atoms with Gasteiger partial charge in [-0.1, -0.05) is 18.2 Å². The number of benzene rings is 2. The maximum atomic E-state index is 11.8. The molecule has 8 heteroatoms. The number of fused-ring (bicyclic) bond motifs is 1. The molecule has 0 saturated heterocycles. The number of nitro groups is 1. The average molecular weight is 313 g/mol. The van der Waals surface area contributed by atoms with Gasteiger partial charge in [-0.15, -0.1) is 0 Å². The number of rotatable bonds is 4. The minimum atomic E-state index is -0.553. The van der Waals surface area contributed by atoms with Crippen molar-refractivity contribution in [3.05, 3.63) is 63.7 Å². The minimum Gasteiger partial charge on any atom is -0.454 e. The first-order chi connectivity index (χ1) is 11.1. The van der Waals surface area contributed by atoms with E-state index in [4.69, 9.17) is 9.47 Å². The van der Waals surface area contributed by atoms with Gasteiger partial charge in [-0.25, -0.2) is 5.43 Å². The Labute approximate surface area is 130 Å². The van der Waals surface area contributed by atoms with Crippen LogP contribution in [0.25, 0.3) is 0 Å². The average Bonchev–Trinajstić information content (AvgIpc) is 3.02. The first kappa shape index (κ1) is 14.5. The Morgan fingerprint density at radius 2 is 1.91 bits per heavy atom. The topological polar surface area (TPSA) is 103 Å². The van der Waals surface area contributed by atoms with E-state index in [0.29, 0.717) is 17.1 Å². The van der Waals surface area contributed by atoms with Crippen LogP contribution in [0, 0.1) is 10.1 Å². The van der Waals surface area contributed by atoms with E-state index in [2.05, 4.69) is 10.5 Å². The van der Waals surface area contributed by atoms with Gasteiger partial charge in [-0.2, -0.15) is 5.10 Å². The van der Waals surface area contributed by atoms with Crippen molar-refractivity contribution in [3.63, 3.8) is 0 Å². The van der Waals surface area contributed by atoms with Crippen molar-refractivity contribution in [2.24, 2.45) is 5.10 Å².